The van der Waals surface area contributed by atoms with Crippen molar-refractivity contribution in [3.63, 3.8) is 0 Å². The molecule has 1 aromatic carbocycles. The zero-order valence-corrected chi connectivity index (χ0v) is 10.1. The number of halogens is 1. The first kappa shape index (κ1) is 11.6. The van der Waals surface area contributed by atoms with Gasteiger partial charge < -0.3 is 4.74 Å². The highest BCUT2D eigenvalue weighted by molar-refractivity contribution is 5.81. The molecule has 0 atom stereocenters. The lowest BCUT2D eigenvalue weighted by Crippen LogP contribution is -2.35. The average Bonchev–Trinajstić information content (AvgIpc) is 2.40. The summed E-state index contributed by atoms with van der Waals surface area (Å²) in [6.07, 6.45) is 1.75. The predicted octanol–water partition coefficient (Wildman–Crippen LogP) is 2.21. The lowest BCUT2D eigenvalue weighted by Gasteiger charge is -2.26. The van der Waals surface area contributed by atoms with Gasteiger partial charge in [0.1, 0.15) is 5.82 Å². The molecule has 3 nitrogen and oxygen atoms in total. The van der Waals surface area contributed by atoms with E-state index in [4.69, 9.17) is 4.74 Å². The van der Waals surface area contributed by atoms with Crippen LogP contribution in [0.5, 0.6) is 0 Å². The molecule has 1 aliphatic rings. The maximum atomic E-state index is 13.6. The highest BCUT2D eigenvalue weighted by atomic mass is 19.1. The predicted molar refractivity (Wildman–Crippen MR) is 67.8 cm³/mol. The second-order valence-corrected chi connectivity index (χ2v) is 4.53. The van der Waals surface area contributed by atoms with Crippen molar-refractivity contribution in [2.75, 3.05) is 26.3 Å². The first-order chi connectivity index (χ1) is 8.83. The van der Waals surface area contributed by atoms with Gasteiger partial charge in [-0.3, -0.25) is 9.88 Å². The fourth-order valence-electron chi connectivity index (χ4n) is 2.35. The SMILES string of the molecule is Fc1cc(CN2CCOCC2)c2ncccc2c1. The zero-order chi connectivity index (χ0) is 12.4. The molecule has 0 aliphatic carbocycles. The number of morpholine rings is 1. The molecule has 0 spiro atoms. The molecule has 3 rings (SSSR count). The van der Waals surface area contributed by atoms with Crippen molar-refractivity contribution in [3.05, 3.63) is 41.8 Å². The van der Waals surface area contributed by atoms with Crippen LogP contribution in [-0.2, 0) is 11.3 Å². The molecule has 0 radical (unpaired) electrons. The molecule has 1 saturated heterocycles. The number of rotatable bonds is 2. The van der Waals surface area contributed by atoms with Crippen molar-refractivity contribution < 1.29 is 9.13 Å². The molecular formula is C14H15FN2O. The molecule has 1 aromatic heterocycles. The van der Waals surface area contributed by atoms with Gasteiger partial charge in [0.05, 0.1) is 18.7 Å². The van der Waals surface area contributed by atoms with Crippen molar-refractivity contribution in [3.8, 4) is 0 Å². The lowest BCUT2D eigenvalue weighted by atomic mass is 10.1. The van der Waals surface area contributed by atoms with Crippen LogP contribution >= 0.6 is 0 Å². The van der Waals surface area contributed by atoms with Crippen molar-refractivity contribution in [1.82, 2.24) is 9.88 Å². The molecule has 94 valence electrons. The average molecular weight is 246 g/mol. The second kappa shape index (κ2) is 5.00. The number of hydrogen-bond acceptors (Lipinski definition) is 3. The van der Waals surface area contributed by atoms with E-state index in [-0.39, 0.29) is 5.82 Å². The third-order valence-electron chi connectivity index (χ3n) is 3.25. The number of fused-ring (bicyclic) bond motifs is 1. The summed E-state index contributed by atoms with van der Waals surface area (Å²) in [5.74, 6) is -0.196. The number of aromatic nitrogens is 1. The zero-order valence-electron chi connectivity index (χ0n) is 10.1. The van der Waals surface area contributed by atoms with Gasteiger partial charge in [-0.2, -0.15) is 0 Å². The Morgan fingerprint density at radius 1 is 1.28 bits per heavy atom. The minimum Gasteiger partial charge on any atom is -0.379 e. The number of benzene rings is 1. The number of ether oxygens (including phenoxy) is 1. The Hall–Kier alpha value is -1.52. The molecule has 0 unspecified atom stereocenters. The quantitative estimate of drug-likeness (QED) is 0.812. The minimum atomic E-state index is -0.196. The Morgan fingerprint density at radius 2 is 2.11 bits per heavy atom. The van der Waals surface area contributed by atoms with Crippen LogP contribution in [0.25, 0.3) is 10.9 Å². The summed E-state index contributed by atoms with van der Waals surface area (Å²) in [5.41, 5.74) is 1.85. The van der Waals surface area contributed by atoms with Crippen molar-refractivity contribution in [2.45, 2.75) is 6.54 Å². The summed E-state index contributed by atoms with van der Waals surface area (Å²) in [7, 11) is 0. The van der Waals surface area contributed by atoms with Gasteiger partial charge in [-0.1, -0.05) is 6.07 Å². The Bertz CT molecular complexity index is 552. The molecule has 0 amide bonds. The topological polar surface area (TPSA) is 25.4 Å². The summed E-state index contributed by atoms with van der Waals surface area (Å²) in [6.45, 7) is 4.02. The van der Waals surface area contributed by atoms with Crippen molar-refractivity contribution >= 4 is 10.9 Å². The molecule has 18 heavy (non-hydrogen) atoms. The Labute approximate surface area is 105 Å². The second-order valence-electron chi connectivity index (χ2n) is 4.53. The van der Waals surface area contributed by atoms with E-state index in [1.165, 1.54) is 6.07 Å². The van der Waals surface area contributed by atoms with E-state index < -0.39 is 0 Å². The maximum absolute atomic E-state index is 13.6. The summed E-state index contributed by atoms with van der Waals surface area (Å²) in [6, 6.07) is 6.85. The van der Waals surface area contributed by atoms with Gasteiger partial charge >= 0.3 is 0 Å². The van der Waals surface area contributed by atoms with E-state index in [1.54, 1.807) is 12.3 Å². The first-order valence-corrected chi connectivity index (χ1v) is 6.16. The molecule has 1 fully saturated rings. The molecular weight excluding hydrogens is 231 g/mol. The van der Waals surface area contributed by atoms with Crippen LogP contribution in [0.4, 0.5) is 4.39 Å². The maximum Gasteiger partial charge on any atom is 0.124 e. The van der Waals surface area contributed by atoms with Gasteiger partial charge in [0.2, 0.25) is 0 Å². The number of hydrogen-bond donors (Lipinski definition) is 0. The van der Waals surface area contributed by atoms with Crippen LogP contribution in [0.15, 0.2) is 30.5 Å². The lowest BCUT2D eigenvalue weighted by molar-refractivity contribution is 0.0343. The van der Waals surface area contributed by atoms with E-state index in [9.17, 15) is 4.39 Å². The van der Waals surface area contributed by atoms with E-state index in [0.29, 0.717) is 0 Å². The molecule has 0 saturated carbocycles. The third-order valence-corrected chi connectivity index (χ3v) is 3.25. The Balaban J connectivity index is 1.94. The summed E-state index contributed by atoms with van der Waals surface area (Å²) >= 11 is 0. The van der Waals surface area contributed by atoms with Crippen LogP contribution in [0.2, 0.25) is 0 Å². The summed E-state index contributed by atoms with van der Waals surface area (Å²) in [4.78, 5) is 6.63. The molecule has 1 aliphatic heterocycles. The number of pyridine rings is 1. The summed E-state index contributed by atoms with van der Waals surface area (Å²) in [5, 5.41) is 0.862. The fraction of sp³-hybridized carbons (Fsp3) is 0.357. The van der Waals surface area contributed by atoms with E-state index >= 15 is 0 Å². The highest BCUT2D eigenvalue weighted by Crippen LogP contribution is 2.20. The van der Waals surface area contributed by atoms with E-state index in [2.05, 4.69) is 9.88 Å². The van der Waals surface area contributed by atoms with Gasteiger partial charge in [-0.05, 0) is 23.8 Å². The molecule has 4 heteroatoms. The Kier molecular flexibility index (Phi) is 3.21. The van der Waals surface area contributed by atoms with Crippen LogP contribution < -0.4 is 0 Å². The monoisotopic (exact) mass is 246 g/mol. The third kappa shape index (κ3) is 2.35. The van der Waals surface area contributed by atoms with Gasteiger partial charge in [-0.15, -0.1) is 0 Å². The normalized spacial score (nSPS) is 17.2. The van der Waals surface area contributed by atoms with Gasteiger partial charge in [0.25, 0.3) is 0 Å². The fourth-order valence-corrected chi connectivity index (χ4v) is 2.35. The smallest absolute Gasteiger partial charge is 0.124 e. The van der Waals surface area contributed by atoms with Gasteiger partial charge in [0.15, 0.2) is 0 Å². The first-order valence-electron chi connectivity index (χ1n) is 6.16. The Morgan fingerprint density at radius 3 is 2.94 bits per heavy atom. The standard InChI is InChI=1S/C14H15FN2O/c15-13-8-11-2-1-3-16-14(11)12(9-13)10-17-4-6-18-7-5-17/h1-3,8-9H,4-7,10H2. The molecule has 2 heterocycles. The van der Waals surface area contributed by atoms with Crippen LogP contribution in [0.1, 0.15) is 5.56 Å². The molecule has 0 N–H and O–H groups in total. The van der Waals surface area contributed by atoms with Crippen molar-refractivity contribution in [2.24, 2.45) is 0 Å². The van der Waals surface area contributed by atoms with Crippen molar-refractivity contribution in [1.29, 1.82) is 0 Å². The molecule has 2 aromatic rings. The van der Waals surface area contributed by atoms with E-state index in [1.807, 2.05) is 12.1 Å². The summed E-state index contributed by atoms with van der Waals surface area (Å²) < 4.78 is 18.9. The van der Waals surface area contributed by atoms with Crippen LogP contribution in [-0.4, -0.2) is 36.2 Å². The van der Waals surface area contributed by atoms with Crippen LogP contribution in [0, 0.1) is 5.82 Å². The molecule has 0 bridgehead atoms. The van der Waals surface area contributed by atoms with E-state index in [0.717, 1.165) is 49.3 Å². The number of nitrogens with zero attached hydrogens (tertiary/aromatic N) is 2. The minimum absolute atomic E-state index is 0.196. The van der Waals surface area contributed by atoms with Gasteiger partial charge in [-0.25, -0.2) is 4.39 Å². The largest absolute Gasteiger partial charge is 0.379 e. The van der Waals surface area contributed by atoms with Gasteiger partial charge in [0, 0.05) is 31.2 Å². The van der Waals surface area contributed by atoms with Crippen LogP contribution in [0.3, 0.4) is 0 Å². The highest BCUT2D eigenvalue weighted by Gasteiger charge is 2.13.